The molecule has 0 spiro atoms. The van der Waals surface area contributed by atoms with E-state index in [4.69, 9.17) is 18.9 Å². The maximum atomic E-state index is 6.12. The molecule has 0 saturated heterocycles. The van der Waals surface area contributed by atoms with Gasteiger partial charge >= 0.3 is 0 Å². The number of fused-ring (bicyclic) bond motifs is 1. The highest BCUT2D eigenvalue weighted by Crippen LogP contribution is 2.52. The zero-order chi connectivity index (χ0) is 15.6. The van der Waals surface area contributed by atoms with Crippen molar-refractivity contribution in [3.8, 4) is 23.0 Å². The summed E-state index contributed by atoms with van der Waals surface area (Å²) in [4.78, 5) is 0. The summed E-state index contributed by atoms with van der Waals surface area (Å²) in [6.45, 7) is 7.14. The van der Waals surface area contributed by atoms with Crippen molar-refractivity contribution in [2.75, 3.05) is 27.9 Å². The van der Waals surface area contributed by atoms with E-state index >= 15 is 0 Å². The van der Waals surface area contributed by atoms with Crippen LogP contribution in [0, 0.1) is 0 Å². The second-order valence-electron chi connectivity index (χ2n) is 5.73. The van der Waals surface area contributed by atoms with Gasteiger partial charge in [-0.25, -0.2) is 0 Å². The lowest BCUT2D eigenvalue weighted by Gasteiger charge is -2.39. The van der Waals surface area contributed by atoms with Crippen LogP contribution in [-0.4, -0.2) is 33.5 Å². The Kier molecular flexibility index (Phi) is 4.52. The quantitative estimate of drug-likeness (QED) is 0.905. The first kappa shape index (κ1) is 15.8. The summed E-state index contributed by atoms with van der Waals surface area (Å²) in [7, 11) is 4.86. The Morgan fingerprint density at radius 1 is 1.19 bits per heavy atom. The highest BCUT2D eigenvalue weighted by atomic mass is 16.5. The molecule has 5 nitrogen and oxygen atoms in total. The molecular weight excluding hydrogens is 270 g/mol. The van der Waals surface area contributed by atoms with Gasteiger partial charge in [0, 0.05) is 18.5 Å². The predicted octanol–water partition coefficient (Wildman–Crippen LogP) is 2.92. The summed E-state index contributed by atoms with van der Waals surface area (Å²) < 4.78 is 22.6. The lowest BCUT2D eigenvalue weighted by atomic mass is 9.88. The van der Waals surface area contributed by atoms with Gasteiger partial charge in [0.15, 0.2) is 11.5 Å². The van der Waals surface area contributed by atoms with E-state index in [-0.39, 0.29) is 11.6 Å². The number of nitrogens with one attached hydrogen (secondary N) is 1. The molecule has 0 aromatic heterocycles. The van der Waals surface area contributed by atoms with Crippen molar-refractivity contribution >= 4 is 0 Å². The number of benzene rings is 1. The van der Waals surface area contributed by atoms with Crippen LogP contribution in [0.4, 0.5) is 0 Å². The van der Waals surface area contributed by atoms with E-state index < -0.39 is 0 Å². The van der Waals surface area contributed by atoms with Crippen LogP contribution < -0.4 is 24.3 Å². The Morgan fingerprint density at radius 2 is 1.86 bits per heavy atom. The molecule has 1 unspecified atom stereocenters. The van der Waals surface area contributed by atoms with Gasteiger partial charge in [0.05, 0.1) is 26.9 Å². The SMILES string of the molecule is CCNC1CC(C)(C)Oc2cc(OC)c(OC)c(OC)c21. The van der Waals surface area contributed by atoms with Gasteiger partial charge in [0.1, 0.15) is 11.4 Å². The largest absolute Gasteiger partial charge is 0.493 e. The molecule has 118 valence electrons. The van der Waals surface area contributed by atoms with E-state index in [1.54, 1.807) is 21.3 Å². The Hall–Kier alpha value is -1.62. The summed E-state index contributed by atoms with van der Waals surface area (Å²) in [5.74, 6) is 2.67. The zero-order valence-corrected chi connectivity index (χ0v) is 13.7. The standard InChI is InChI=1S/C16H25NO4/c1-7-17-10-9-16(2,3)21-11-8-12(18-4)14(19-5)15(20-6)13(10)11/h8,10,17H,7,9H2,1-6H3. The van der Waals surface area contributed by atoms with Crippen molar-refractivity contribution in [3.05, 3.63) is 11.6 Å². The molecule has 1 aromatic rings. The van der Waals surface area contributed by atoms with E-state index in [0.29, 0.717) is 17.2 Å². The van der Waals surface area contributed by atoms with E-state index in [0.717, 1.165) is 24.3 Å². The minimum Gasteiger partial charge on any atom is -0.493 e. The molecule has 0 radical (unpaired) electrons. The summed E-state index contributed by atoms with van der Waals surface area (Å²) in [5.41, 5.74) is 0.751. The molecule has 5 heteroatoms. The maximum absolute atomic E-state index is 6.12. The van der Waals surface area contributed by atoms with Crippen molar-refractivity contribution < 1.29 is 18.9 Å². The van der Waals surface area contributed by atoms with Crippen LogP contribution >= 0.6 is 0 Å². The number of hydrogen-bond acceptors (Lipinski definition) is 5. The van der Waals surface area contributed by atoms with E-state index in [1.165, 1.54) is 0 Å². The van der Waals surface area contributed by atoms with Crippen LogP contribution in [0.25, 0.3) is 0 Å². The first-order chi connectivity index (χ1) is 9.97. The lowest BCUT2D eigenvalue weighted by molar-refractivity contribution is 0.0644. The van der Waals surface area contributed by atoms with Crippen LogP contribution in [0.15, 0.2) is 6.07 Å². The second-order valence-corrected chi connectivity index (χ2v) is 5.73. The Morgan fingerprint density at radius 3 is 2.38 bits per heavy atom. The number of ether oxygens (including phenoxy) is 4. The summed E-state index contributed by atoms with van der Waals surface area (Å²) in [6.07, 6.45) is 0.861. The molecule has 1 N–H and O–H groups in total. The fraction of sp³-hybridized carbons (Fsp3) is 0.625. The van der Waals surface area contributed by atoms with Crippen molar-refractivity contribution in [1.82, 2.24) is 5.32 Å². The first-order valence-electron chi connectivity index (χ1n) is 7.22. The predicted molar refractivity (Wildman–Crippen MR) is 81.8 cm³/mol. The van der Waals surface area contributed by atoms with Gasteiger partial charge in [-0.1, -0.05) is 6.92 Å². The summed E-state index contributed by atoms with van der Waals surface area (Å²) in [6, 6.07) is 2.03. The van der Waals surface area contributed by atoms with Gasteiger partial charge in [-0.15, -0.1) is 0 Å². The molecule has 21 heavy (non-hydrogen) atoms. The summed E-state index contributed by atoms with van der Waals surface area (Å²) in [5, 5.41) is 3.50. The van der Waals surface area contributed by atoms with Gasteiger partial charge in [0.25, 0.3) is 0 Å². The molecule has 2 rings (SSSR count). The fourth-order valence-corrected chi connectivity index (χ4v) is 2.92. The monoisotopic (exact) mass is 295 g/mol. The molecule has 1 atom stereocenters. The second kappa shape index (κ2) is 6.02. The van der Waals surface area contributed by atoms with Crippen LogP contribution in [0.5, 0.6) is 23.0 Å². The Balaban J connectivity index is 2.64. The highest BCUT2D eigenvalue weighted by molar-refractivity contribution is 5.63. The van der Waals surface area contributed by atoms with Crippen molar-refractivity contribution in [1.29, 1.82) is 0 Å². The van der Waals surface area contributed by atoms with Crippen LogP contribution in [0.2, 0.25) is 0 Å². The topological polar surface area (TPSA) is 49.0 Å². The third-order valence-corrected chi connectivity index (χ3v) is 3.71. The van der Waals surface area contributed by atoms with Gasteiger partial charge in [-0.3, -0.25) is 0 Å². The molecule has 1 heterocycles. The molecule has 0 fully saturated rings. The van der Waals surface area contributed by atoms with E-state index in [9.17, 15) is 0 Å². The normalized spacial score (nSPS) is 19.4. The molecule has 1 aromatic carbocycles. The zero-order valence-electron chi connectivity index (χ0n) is 13.7. The Bertz CT molecular complexity index is 513. The maximum Gasteiger partial charge on any atom is 0.203 e. The van der Waals surface area contributed by atoms with Gasteiger partial charge in [0.2, 0.25) is 5.75 Å². The molecule has 0 bridgehead atoms. The van der Waals surface area contributed by atoms with E-state index in [1.807, 2.05) is 6.07 Å². The molecule has 1 aliphatic heterocycles. The van der Waals surface area contributed by atoms with Gasteiger partial charge in [-0.2, -0.15) is 0 Å². The minimum atomic E-state index is -0.246. The number of hydrogen-bond donors (Lipinski definition) is 1. The number of rotatable bonds is 5. The minimum absolute atomic E-state index is 0.156. The van der Waals surface area contributed by atoms with Gasteiger partial charge < -0.3 is 24.3 Å². The number of methoxy groups -OCH3 is 3. The molecule has 0 amide bonds. The summed E-state index contributed by atoms with van der Waals surface area (Å²) >= 11 is 0. The van der Waals surface area contributed by atoms with Crippen LogP contribution in [0.3, 0.4) is 0 Å². The third kappa shape index (κ3) is 2.88. The highest BCUT2D eigenvalue weighted by Gasteiger charge is 2.37. The van der Waals surface area contributed by atoms with E-state index in [2.05, 4.69) is 26.1 Å². The smallest absolute Gasteiger partial charge is 0.203 e. The molecular formula is C16H25NO4. The fourth-order valence-electron chi connectivity index (χ4n) is 2.92. The lowest BCUT2D eigenvalue weighted by Crippen LogP contribution is -2.39. The third-order valence-electron chi connectivity index (χ3n) is 3.71. The molecule has 0 saturated carbocycles. The molecule has 1 aliphatic rings. The average Bonchev–Trinajstić information content (AvgIpc) is 2.44. The van der Waals surface area contributed by atoms with Crippen LogP contribution in [-0.2, 0) is 0 Å². The van der Waals surface area contributed by atoms with Crippen molar-refractivity contribution in [2.45, 2.75) is 38.8 Å². The van der Waals surface area contributed by atoms with Crippen molar-refractivity contribution in [3.63, 3.8) is 0 Å². The molecule has 0 aliphatic carbocycles. The van der Waals surface area contributed by atoms with Gasteiger partial charge in [-0.05, 0) is 20.4 Å². The average molecular weight is 295 g/mol. The van der Waals surface area contributed by atoms with Crippen LogP contribution in [0.1, 0.15) is 38.8 Å². The first-order valence-corrected chi connectivity index (χ1v) is 7.22. The Labute approximate surface area is 126 Å². The van der Waals surface area contributed by atoms with Crippen molar-refractivity contribution in [2.24, 2.45) is 0 Å².